The van der Waals surface area contributed by atoms with Crippen molar-refractivity contribution in [2.75, 3.05) is 23.8 Å². The molecule has 1 aromatic carbocycles. The minimum absolute atomic E-state index is 0.142. The number of amides is 1. The van der Waals surface area contributed by atoms with Gasteiger partial charge in [0.05, 0.1) is 22.4 Å². The van der Waals surface area contributed by atoms with Crippen molar-refractivity contribution in [3.05, 3.63) is 23.8 Å². The summed E-state index contributed by atoms with van der Waals surface area (Å²) in [6, 6.07) is 3.55. The van der Waals surface area contributed by atoms with Crippen LogP contribution in [0.15, 0.2) is 18.2 Å². The fraction of sp³-hybridized carbons (Fsp3) is 0.562. The van der Waals surface area contributed by atoms with Crippen molar-refractivity contribution in [1.82, 2.24) is 0 Å². The molecule has 0 radical (unpaired) electrons. The van der Waals surface area contributed by atoms with Crippen LogP contribution in [0.4, 0.5) is 24.5 Å². The van der Waals surface area contributed by atoms with Crippen LogP contribution in [0.3, 0.4) is 0 Å². The van der Waals surface area contributed by atoms with Gasteiger partial charge in [0.15, 0.2) is 0 Å². The first kappa shape index (κ1) is 15.2. The number of carbonyl (C=O) groups is 1. The van der Waals surface area contributed by atoms with E-state index in [0.29, 0.717) is 12.2 Å². The summed E-state index contributed by atoms with van der Waals surface area (Å²) in [5.41, 5.74) is -0.321. The van der Waals surface area contributed by atoms with Gasteiger partial charge < -0.3 is 10.2 Å². The third kappa shape index (κ3) is 2.55. The molecule has 0 aromatic heterocycles. The maximum absolute atomic E-state index is 12.9. The van der Waals surface area contributed by atoms with Crippen LogP contribution in [-0.2, 0) is 11.0 Å². The van der Waals surface area contributed by atoms with Gasteiger partial charge in [-0.1, -0.05) is 19.3 Å². The summed E-state index contributed by atoms with van der Waals surface area (Å²) in [5.74, 6) is -0.142. The highest BCUT2D eigenvalue weighted by Gasteiger charge is 2.43. The number of carbonyl (C=O) groups excluding carboxylic acids is 1. The van der Waals surface area contributed by atoms with Crippen LogP contribution in [0, 0.1) is 5.41 Å². The first-order chi connectivity index (χ1) is 10.3. The number of alkyl halides is 3. The molecule has 1 fully saturated rings. The molecule has 1 aliphatic heterocycles. The number of nitrogens with one attached hydrogen (secondary N) is 1. The summed E-state index contributed by atoms with van der Waals surface area (Å²) >= 11 is 0. The molecule has 3 rings (SSSR count). The van der Waals surface area contributed by atoms with Crippen LogP contribution in [0.1, 0.15) is 37.7 Å². The fourth-order valence-electron chi connectivity index (χ4n) is 3.62. The molecule has 6 heteroatoms. The third-order valence-electron chi connectivity index (χ3n) is 4.82. The lowest BCUT2D eigenvalue weighted by Gasteiger charge is -2.36. The zero-order chi connectivity index (χ0) is 16.0. The van der Waals surface area contributed by atoms with Gasteiger partial charge in [-0.2, -0.15) is 13.2 Å². The molecule has 1 heterocycles. The molecule has 1 spiro atoms. The van der Waals surface area contributed by atoms with Gasteiger partial charge >= 0.3 is 6.18 Å². The average Bonchev–Trinajstić information content (AvgIpc) is 2.55. The minimum atomic E-state index is -4.41. The highest BCUT2D eigenvalue weighted by atomic mass is 19.4. The van der Waals surface area contributed by atoms with Crippen molar-refractivity contribution in [2.45, 2.75) is 38.3 Å². The maximum atomic E-state index is 12.9. The smallest absolute Gasteiger partial charge is 0.372 e. The molecule has 0 bridgehead atoms. The molecule has 2 aliphatic rings. The summed E-state index contributed by atoms with van der Waals surface area (Å²) in [7, 11) is 1.84. The Balaban J connectivity index is 1.99. The lowest BCUT2D eigenvalue weighted by molar-refractivity contribution is -0.137. The van der Waals surface area contributed by atoms with Crippen molar-refractivity contribution in [2.24, 2.45) is 5.41 Å². The Bertz CT molecular complexity index is 592. The SMILES string of the molecule is CN1CC2(CCCCC2)C(=O)Nc2cc(C(F)(F)F)ccc21. The molecular formula is C16H19F3N2O. The minimum Gasteiger partial charge on any atom is -0.372 e. The molecule has 3 nitrogen and oxygen atoms in total. The monoisotopic (exact) mass is 312 g/mol. The molecule has 0 unspecified atom stereocenters. The van der Waals surface area contributed by atoms with Gasteiger partial charge in [0, 0.05) is 13.6 Å². The largest absolute Gasteiger partial charge is 0.416 e. The van der Waals surface area contributed by atoms with Crippen LogP contribution >= 0.6 is 0 Å². The maximum Gasteiger partial charge on any atom is 0.416 e. The van der Waals surface area contributed by atoms with Crippen molar-refractivity contribution in [3.63, 3.8) is 0 Å². The second-order valence-electron chi connectivity index (χ2n) is 6.38. The molecule has 1 aromatic rings. The lowest BCUT2D eigenvalue weighted by Crippen LogP contribution is -2.44. The Hall–Kier alpha value is -1.72. The number of nitrogens with zero attached hydrogens (tertiary/aromatic N) is 1. The Morgan fingerprint density at radius 2 is 1.86 bits per heavy atom. The summed E-state index contributed by atoms with van der Waals surface area (Å²) in [5, 5.41) is 2.75. The predicted octanol–water partition coefficient (Wildman–Crippen LogP) is 4.04. The van der Waals surface area contributed by atoms with E-state index in [1.165, 1.54) is 6.07 Å². The Morgan fingerprint density at radius 3 is 2.50 bits per heavy atom. The van der Waals surface area contributed by atoms with E-state index in [4.69, 9.17) is 0 Å². The van der Waals surface area contributed by atoms with Crippen LogP contribution < -0.4 is 10.2 Å². The van der Waals surface area contributed by atoms with Gasteiger partial charge in [-0.25, -0.2) is 0 Å². The van der Waals surface area contributed by atoms with Crippen molar-refractivity contribution in [3.8, 4) is 0 Å². The number of fused-ring (bicyclic) bond motifs is 1. The molecule has 1 N–H and O–H groups in total. The van der Waals surface area contributed by atoms with E-state index in [1.807, 2.05) is 11.9 Å². The lowest BCUT2D eigenvalue weighted by atomic mass is 9.73. The molecule has 1 saturated carbocycles. The van der Waals surface area contributed by atoms with E-state index < -0.39 is 17.2 Å². The predicted molar refractivity (Wildman–Crippen MR) is 78.9 cm³/mol. The van der Waals surface area contributed by atoms with Gasteiger partial charge in [-0.3, -0.25) is 4.79 Å². The zero-order valence-electron chi connectivity index (χ0n) is 12.5. The molecule has 0 saturated heterocycles. The van der Waals surface area contributed by atoms with Gasteiger partial charge in [0.2, 0.25) is 5.91 Å². The van der Waals surface area contributed by atoms with Gasteiger partial charge in [0.25, 0.3) is 0 Å². The van der Waals surface area contributed by atoms with Gasteiger partial charge in [0.1, 0.15) is 0 Å². The van der Waals surface area contributed by atoms with Crippen molar-refractivity contribution in [1.29, 1.82) is 0 Å². The second kappa shape index (κ2) is 5.18. The van der Waals surface area contributed by atoms with Gasteiger partial charge in [-0.05, 0) is 31.0 Å². The van der Waals surface area contributed by atoms with Crippen molar-refractivity contribution >= 4 is 17.3 Å². The van der Waals surface area contributed by atoms with Crippen molar-refractivity contribution < 1.29 is 18.0 Å². The van der Waals surface area contributed by atoms with Crippen LogP contribution in [0.2, 0.25) is 0 Å². The number of halogens is 3. The van der Waals surface area contributed by atoms with E-state index in [0.717, 1.165) is 44.2 Å². The summed E-state index contributed by atoms with van der Waals surface area (Å²) in [6.45, 7) is 0.553. The first-order valence-corrected chi connectivity index (χ1v) is 7.56. The van der Waals surface area contributed by atoms with Crippen LogP contribution in [0.5, 0.6) is 0 Å². The molecular weight excluding hydrogens is 293 g/mol. The molecule has 1 aliphatic carbocycles. The number of benzene rings is 1. The standard InChI is InChI=1S/C16H19F3N2O/c1-21-10-15(7-3-2-4-8-15)14(22)20-12-9-11(16(17,18)19)5-6-13(12)21/h5-6,9H,2-4,7-8,10H2,1H3,(H,20,22). The second-order valence-corrected chi connectivity index (χ2v) is 6.38. The van der Waals surface area contributed by atoms with E-state index in [-0.39, 0.29) is 11.6 Å². The van der Waals surface area contributed by atoms with Gasteiger partial charge in [-0.15, -0.1) is 0 Å². The number of rotatable bonds is 0. The molecule has 120 valence electrons. The normalized spacial score (nSPS) is 21.3. The summed E-state index contributed by atoms with van der Waals surface area (Å²) in [4.78, 5) is 14.5. The number of anilines is 2. The first-order valence-electron chi connectivity index (χ1n) is 7.56. The highest BCUT2D eigenvalue weighted by molar-refractivity contribution is 6.00. The average molecular weight is 312 g/mol. The summed E-state index contributed by atoms with van der Waals surface area (Å²) < 4.78 is 38.6. The highest BCUT2D eigenvalue weighted by Crippen LogP contribution is 2.43. The molecule has 0 atom stereocenters. The molecule has 22 heavy (non-hydrogen) atoms. The van der Waals surface area contributed by atoms with E-state index >= 15 is 0 Å². The Morgan fingerprint density at radius 1 is 1.18 bits per heavy atom. The third-order valence-corrected chi connectivity index (χ3v) is 4.82. The fourth-order valence-corrected chi connectivity index (χ4v) is 3.62. The Labute approximate surface area is 127 Å². The zero-order valence-corrected chi connectivity index (χ0v) is 12.5. The quantitative estimate of drug-likeness (QED) is 0.784. The summed E-state index contributed by atoms with van der Waals surface area (Å²) in [6.07, 6.45) is 0.278. The van der Waals surface area contributed by atoms with E-state index in [2.05, 4.69) is 5.32 Å². The topological polar surface area (TPSA) is 32.3 Å². The number of hydrogen-bond donors (Lipinski definition) is 1. The Kier molecular flexibility index (Phi) is 3.57. The number of hydrogen-bond acceptors (Lipinski definition) is 2. The van der Waals surface area contributed by atoms with E-state index in [1.54, 1.807) is 0 Å². The van der Waals surface area contributed by atoms with Crippen LogP contribution in [-0.4, -0.2) is 19.5 Å². The molecule has 1 amide bonds. The van der Waals surface area contributed by atoms with E-state index in [9.17, 15) is 18.0 Å². The van der Waals surface area contributed by atoms with Crippen LogP contribution in [0.25, 0.3) is 0 Å².